The summed E-state index contributed by atoms with van der Waals surface area (Å²) in [6.07, 6.45) is 0. The van der Waals surface area contributed by atoms with Crippen LogP contribution in [0.5, 0.6) is 5.75 Å². The molecule has 0 fully saturated rings. The summed E-state index contributed by atoms with van der Waals surface area (Å²) in [7, 11) is 1.48. The number of rotatable bonds is 6. The minimum Gasteiger partial charge on any atom is -0.496 e. The summed E-state index contributed by atoms with van der Waals surface area (Å²) in [6.45, 7) is 2.44. The molecule has 0 saturated carbocycles. The van der Waals surface area contributed by atoms with E-state index in [0.717, 1.165) is 0 Å². The van der Waals surface area contributed by atoms with Crippen LogP contribution in [0.15, 0.2) is 34.7 Å². The van der Waals surface area contributed by atoms with E-state index in [0.29, 0.717) is 23.6 Å². The Morgan fingerprint density at radius 3 is 2.76 bits per heavy atom. The maximum atomic E-state index is 13.5. The van der Waals surface area contributed by atoms with Crippen LogP contribution in [0.2, 0.25) is 0 Å². The fourth-order valence-electron chi connectivity index (χ4n) is 2.09. The van der Waals surface area contributed by atoms with Crippen LogP contribution in [0.4, 0.5) is 10.3 Å². The van der Waals surface area contributed by atoms with E-state index < -0.39 is 16.8 Å². The number of nitro groups is 1. The van der Waals surface area contributed by atoms with Crippen molar-refractivity contribution in [1.82, 2.24) is 5.32 Å². The quantitative estimate of drug-likeness (QED) is 0.654. The Balaban J connectivity index is 2.47. The lowest BCUT2D eigenvalue weighted by molar-refractivity contribution is -0.402. The molecule has 1 heterocycles. The van der Waals surface area contributed by atoms with Gasteiger partial charge in [-0.15, -0.1) is 0 Å². The molecule has 0 aliphatic heterocycles. The summed E-state index contributed by atoms with van der Waals surface area (Å²) in [5, 5.41) is 13.8. The molecule has 1 unspecified atom stereocenters. The molecule has 2 aromatic rings. The zero-order chi connectivity index (χ0) is 15.4. The average Bonchev–Trinajstić information content (AvgIpc) is 2.94. The first-order valence-corrected chi connectivity index (χ1v) is 6.37. The van der Waals surface area contributed by atoms with Crippen LogP contribution in [-0.2, 0) is 0 Å². The van der Waals surface area contributed by atoms with Crippen LogP contribution in [0.25, 0.3) is 0 Å². The molecule has 0 spiro atoms. The number of hydrogen-bond donors (Lipinski definition) is 1. The van der Waals surface area contributed by atoms with Crippen LogP contribution >= 0.6 is 0 Å². The van der Waals surface area contributed by atoms with E-state index in [9.17, 15) is 14.5 Å². The molecule has 1 atom stereocenters. The van der Waals surface area contributed by atoms with Crippen molar-refractivity contribution in [2.24, 2.45) is 0 Å². The van der Waals surface area contributed by atoms with Crippen molar-refractivity contribution in [2.45, 2.75) is 13.0 Å². The lowest BCUT2D eigenvalue weighted by Crippen LogP contribution is -2.22. The molecular formula is C14H15FN2O4. The largest absolute Gasteiger partial charge is 0.496 e. The molecule has 21 heavy (non-hydrogen) atoms. The molecule has 0 bridgehead atoms. The third-order valence-electron chi connectivity index (χ3n) is 2.99. The van der Waals surface area contributed by atoms with Gasteiger partial charge in [-0.3, -0.25) is 10.1 Å². The Morgan fingerprint density at radius 1 is 1.43 bits per heavy atom. The van der Waals surface area contributed by atoms with Crippen LogP contribution in [0.1, 0.15) is 24.3 Å². The molecule has 0 aliphatic rings. The highest BCUT2D eigenvalue weighted by Crippen LogP contribution is 2.32. The number of benzene rings is 1. The Hall–Kier alpha value is -2.41. The number of ether oxygens (including phenoxy) is 1. The van der Waals surface area contributed by atoms with Crippen molar-refractivity contribution in [2.75, 3.05) is 13.7 Å². The van der Waals surface area contributed by atoms with Gasteiger partial charge in [0.15, 0.2) is 0 Å². The van der Waals surface area contributed by atoms with Crippen molar-refractivity contribution in [3.05, 3.63) is 57.6 Å². The lowest BCUT2D eigenvalue weighted by atomic mass is 10.0. The van der Waals surface area contributed by atoms with Gasteiger partial charge in [0.1, 0.15) is 22.3 Å². The van der Waals surface area contributed by atoms with Gasteiger partial charge in [0.2, 0.25) is 0 Å². The SMILES string of the molecule is CCNC(c1ccc([N+](=O)[O-])o1)c1cc(F)ccc1OC. The fraction of sp³-hybridized carbons (Fsp3) is 0.286. The predicted molar refractivity (Wildman–Crippen MR) is 73.8 cm³/mol. The second kappa shape index (κ2) is 6.36. The van der Waals surface area contributed by atoms with Gasteiger partial charge in [-0.05, 0) is 30.8 Å². The maximum Gasteiger partial charge on any atom is 0.433 e. The first kappa shape index (κ1) is 15.0. The molecule has 7 heteroatoms. The number of halogens is 1. The van der Waals surface area contributed by atoms with Crippen molar-refractivity contribution >= 4 is 5.88 Å². The van der Waals surface area contributed by atoms with Crippen LogP contribution in [0.3, 0.4) is 0 Å². The van der Waals surface area contributed by atoms with Gasteiger partial charge in [-0.1, -0.05) is 6.92 Å². The molecule has 0 aliphatic carbocycles. The standard InChI is InChI=1S/C14H15FN2O4/c1-3-16-14(12-6-7-13(21-12)17(18)19)10-8-9(15)4-5-11(10)20-2/h4-8,14,16H,3H2,1-2H3. The zero-order valence-electron chi connectivity index (χ0n) is 11.6. The predicted octanol–water partition coefficient (Wildman–Crippen LogP) is 3.03. The summed E-state index contributed by atoms with van der Waals surface area (Å²) in [6, 6.07) is 6.35. The topological polar surface area (TPSA) is 77.5 Å². The summed E-state index contributed by atoms with van der Waals surface area (Å²) in [5.41, 5.74) is 0.517. The van der Waals surface area contributed by atoms with Crippen molar-refractivity contribution in [1.29, 1.82) is 0 Å². The molecule has 1 N–H and O–H groups in total. The lowest BCUT2D eigenvalue weighted by Gasteiger charge is -2.18. The minimum absolute atomic E-state index is 0.326. The third kappa shape index (κ3) is 3.19. The Kier molecular flexibility index (Phi) is 4.54. The monoisotopic (exact) mass is 294 g/mol. The van der Waals surface area contributed by atoms with Crippen LogP contribution in [-0.4, -0.2) is 18.6 Å². The molecular weight excluding hydrogens is 279 g/mol. The zero-order valence-corrected chi connectivity index (χ0v) is 11.6. The van der Waals surface area contributed by atoms with Gasteiger partial charge in [0, 0.05) is 5.56 Å². The first-order valence-electron chi connectivity index (χ1n) is 6.37. The van der Waals surface area contributed by atoms with Gasteiger partial charge in [-0.25, -0.2) is 4.39 Å². The second-order valence-corrected chi connectivity index (χ2v) is 4.31. The maximum absolute atomic E-state index is 13.5. The number of nitrogens with one attached hydrogen (secondary N) is 1. The number of nitrogens with zero attached hydrogens (tertiary/aromatic N) is 1. The van der Waals surface area contributed by atoms with E-state index in [4.69, 9.17) is 9.15 Å². The van der Waals surface area contributed by atoms with Gasteiger partial charge in [-0.2, -0.15) is 0 Å². The van der Waals surface area contributed by atoms with Crippen molar-refractivity contribution in [3.63, 3.8) is 0 Å². The Labute approximate surface area is 120 Å². The fourth-order valence-corrected chi connectivity index (χ4v) is 2.09. The van der Waals surface area contributed by atoms with E-state index in [-0.39, 0.29) is 5.88 Å². The third-order valence-corrected chi connectivity index (χ3v) is 2.99. The number of furan rings is 1. The summed E-state index contributed by atoms with van der Waals surface area (Å²) in [4.78, 5) is 10.1. The molecule has 2 rings (SSSR count). The average molecular weight is 294 g/mol. The minimum atomic E-state index is -0.616. The second-order valence-electron chi connectivity index (χ2n) is 4.31. The van der Waals surface area contributed by atoms with Crippen LogP contribution in [0, 0.1) is 15.9 Å². The van der Waals surface area contributed by atoms with E-state index in [1.165, 1.54) is 37.4 Å². The molecule has 0 saturated heterocycles. The molecule has 6 nitrogen and oxygen atoms in total. The first-order chi connectivity index (χ1) is 10.1. The van der Waals surface area contributed by atoms with E-state index >= 15 is 0 Å². The van der Waals surface area contributed by atoms with Gasteiger partial charge < -0.3 is 14.5 Å². The highest BCUT2D eigenvalue weighted by Gasteiger charge is 2.24. The summed E-state index contributed by atoms with van der Waals surface area (Å²) < 4.78 is 23.9. The van der Waals surface area contributed by atoms with E-state index in [1.54, 1.807) is 0 Å². The van der Waals surface area contributed by atoms with Gasteiger partial charge in [0.25, 0.3) is 0 Å². The van der Waals surface area contributed by atoms with Crippen molar-refractivity contribution in [3.8, 4) is 5.75 Å². The van der Waals surface area contributed by atoms with E-state index in [2.05, 4.69) is 5.32 Å². The highest BCUT2D eigenvalue weighted by atomic mass is 19.1. The summed E-state index contributed by atoms with van der Waals surface area (Å²) in [5.74, 6) is 0.0203. The van der Waals surface area contributed by atoms with Gasteiger partial charge >= 0.3 is 5.88 Å². The van der Waals surface area contributed by atoms with Crippen LogP contribution < -0.4 is 10.1 Å². The van der Waals surface area contributed by atoms with Crippen molar-refractivity contribution < 1.29 is 18.5 Å². The molecule has 112 valence electrons. The highest BCUT2D eigenvalue weighted by molar-refractivity contribution is 5.40. The summed E-state index contributed by atoms with van der Waals surface area (Å²) >= 11 is 0. The molecule has 0 radical (unpaired) electrons. The smallest absolute Gasteiger partial charge is 0.433 e. The number of methoxy groups -OCH3 is 1. The number of hydrogen-bond acceptors (Lipinski definition) is 5. The van der Waals surface area contributed by atoms with Gasteiger partial charge in [0.05, 0.1) is 19.2 Å². The Morgan fingerprint density at radius 2 is 2.19 bits per heavy atom. The molecule has 1 aromatic carbocycles. The molecule has 0 amide bonds. The normalized spacial score (nSPS) is 12.1. The molecule has 1 aromatic heterocycles. The Bertz CT molecular complexity index is 642. The van der Waals surface area contributed by atoms with E-state index in [1.807, 2.05) is 6.92 Å².